The first-order valence-electron chi connectivity index (χ1n) is 9.00. The monoisotopic (exact) mass is 350 g/mol. The van der Waals surface area contributed by atoms with Crippen LogP contribution in [0.3, 0.4) is 0 Å². The van der Waals surface area contributed by atoms with Gasteiger partial charge in [-0.25, -0.2) is 0 Å². The molecule has 0 bridgehead atoms. The molecule has 2 aromatic carbocycles. The number of amides is 1. The van der Waals surface area contributed by atoms with Crippen LogP contribution in [0.15, 0.2) is 48.5 Å². The Labute approximate surface area is 155 Å². The van der Waals surface area contributed by atoms with Gasteiger partial charge in [-0.1, -0.05) is 24.3 Å². The number of hydrogen-bond donors (Lipinski definition) is 0. The van der Waals surface area contributed by atoms with E-state index in [1.165, 1.54) is 16.8 Å². The van der Waals surface area contributed by atoms with Crippen LogP contribution in [0.1, 0.15) is 16.7 Å². The number of aryl methyl sites for hydroxylation is 1. The molecule has 0 unspecified atom stereocenters. The zero-order valence-corrected chi connectivity index (χ0v) is 15.7. The van der Waals surface area contributed by atoms with Crippen LogP contribution in [0.5, 0.6) is 5.75 Å². The summed E-state index contributed by atoms with van der Waals surface area (Å²) in [6.45, 7) is 7.54. The zero-order chi connectivity index (χ0) is 18.5. The van der Waals surface area contributed by atoms with Gasteiger partial charge in [0.2, 0.25) is 5.91 Å². The summed E-state index contributed by atoms with van der Waals surface area (Å²) < 4.78 is 5.15. The highest BCUT2D eigenvalue weighted by Gasteiger charge is 2.20. The molecular weight excluding hydrogens is 324 g/mol. The molecule has 1 fully saturated rings. The highest BCUT2D eigenvalue weighted by atomic mass is 16.5. The van der Waals surface area contributed by atoms with Gasteiger partial charge in [0, 0.05) is 37.9 Å². The summed E-state index contributed by atoms with van der Waals surface area (Å²) in [6.07, 6.45) is 3.52. The van der Waals surface area contributed by atoms with Crippen LogP contribution >= 0.6 is 0 Å². The number of benzene rings is 2. The fourth-order valence-corrected chi connectivity index (χ4v) is 3.23. The van der Waals surface area contributed by atoms with Crippen LogP contribution in [-0.2, 0) is 4.79 Å². The van der Waals surface area contributed by atoms with Crippen molar-refractivity contribution in [3.63, 3.8) is 0 Å². The van der Waals surface area contributed by atoms with Crippen molar-refractivity contribution >= 4 is 17.7 Å². The van der Waals surface area contributed by atoms with E-state index in [4.69, 9.17) is 4.74 Å². The van der Waals surface area contributed by atoms with Crippen LogP contribution in [0, 0.1) is 13.8 Å². The number of ether oxygens (including phenoxy) is 1. The highest BCUT2D eigenvalue weighted by molar-refractivity contribution is 5.92. The van der Waals surface area contributed by atoms with Crippen LogP contribution < -0.4 is 9.64 Å². The molecule has 0 N–H and O–H groups in total. The number of hydrogen-bond acceptors (Lipinski definition) is 3. The summed E-state index contributed by atoms with van der Waals surface area (Å²) in [7, 11) is 1.65. The minimum absolute atomic E-state index is 0.0708. The SMILES string of the molecule is COc1ccc(/C=C/C(=O)N2CCN(c3cccc(C)c3C)CC2)cc1. The van der Waals surface area contributed by atoms with E-state index in [1.807, 2.05) is 35.2 Å². The van der Waals surface area contributed by atoms with Crippen molar-refractivity contribution in [1.82, 2.24) is 4.90 Å². The minimum Gasteiger partial charge on any atom is -0.497 e. The lowest BCUT2D eigenvalue weighted by atomic mass is 10.1. The van der Waals surface area contributed by atoms with Crippen molar-refractivity contribution in [2.45, 2.75) is 13.8 Å². The fourth-order valence-electron chi connectivity index (χ4n) is 3.23. The molecule has 0 atom stereocenters. The Bertz CT molecular complexity index is 788. The largest absolute Gasteiger partial charge is 0.497 e. The molecule has 0 aromatic heterocycles. The number of rotatable bonds is 4. The molecule has 0 radical (unpaired) electrons. The molecule has 4 nitrogen and oxygen atoms in total. The highest BCUT2D eigenvalue weighted by Crippen LogP contribution is 2.24. The lowest BCUT2D eigenvalue weighted by Crippen LogP contribution is -2.48. The predicted molar refractivity (Wildman–Crippen MR) is 107 cm³/mol. The number of carbonyl (C=O) groups is 1. The van der Waals surface area contributed by atoms with E-state index in [1.54, 1.807) is 13.2 Å². The van der Waals surface area contributed by atoms with Gasteiger partial charge in [-0.05, 0) is 54.8 Å². The molecule has 1 amide bonds. The van der Waals surface area contributed by atoms with Crippen LogP contribution in [0.2, 0.25) is 0 Å². The van der Waals surface area contributed by atoms with Crippen LogP contribution in [0.4, 0.5) is 5.69 Å². The summed E-state index contributed by atoms with van der Waals surface area (Å²) in [4.78, 5) is 16.7. The maximum Gasteiger partial charge on any atom is 0.246 e. The Kier molecular flexibility index (Phi) is 5.61. The summed E-state index contributed by atoms with van der Waals surface area (Å²) >= 11 is 0. The molecular formula is C22H26N2O2. The van der Waals surface area contributed by atoms with Crippen LogP contribution in [-0.4, -0.2) is 44.1 Å². The van der Waals surface area contributed by atoms with Gasteiger partial charge in [-0.2, -0.15) is 0 Å². The Morgan fingerprint density at radius 2 is 1.69 bits per heavy atom. The van der Waals surface area contributed by atoms with E-state index in [2.05, 4.69) is 36.9 Å². The van der Waals surface area contributed by atoms with Gasteiger partial charge in [0.25, 0.3) is 0 Å². The van der Waals surface area contributed by atoms with Crippen molar-refractivity contribution in [3.8, 4) is 5.75 Å². The molecule has 136 valence electrons. The van der Waals surface area contributed by atoms with E-state index in [0.717, 1.165) is 37.5 Å². The fraction of sp³-hybridized carbons (Fsp3) is 0.318. The average molecular weight is 350 g/mol. The Morgan fingerprint density at radius 1 is 1.00 bits per heavy atom. The summed E-state index contributed by atoms with van der Waals surface area (Å²) in [5, 5.41) is 0. The van der Waals surface area contributed by atoms with E-state index >= 15 is 0 Å². The van der Waals surface area contributed by atoms with Gasteiger partial charge < -0.3 is 14.5 Å². The van der Waals surface area contributed by atoms with E-state index < -0.39 is 0 Å². The smallest absolute Gasteiger partial charge is 0.246 e. The molecule has 4 heteroatoms. The lowest BCUT2D eigenvalue weighted by Gasteiger charge is -2.36. The maximum absolute atomic E-state index is 12.5. The van der Waals surface area contributed by atoms with Gasteiger partial charge in [0.15, 0.2) is 0 Å². The minimum atomic E-state index is 0.0708. The standard InChI is InChI=1S/C22H26N2O2/c1-17-5-4-6-21(18(17)2)23-13-15-24(16-14-23)22(25)12-9-19-7-10-20(26-3)11-8-19/h4-12H,13-16H2,1-3H3/b12-9+. The predicted octanol–water partition coefficient (Wildman–Crippen LogP) is 3.67. The second-order valence-electron chi connectivity index (χ2n) is 6.64. The topological polar surface area (TPSA) is 32.8 Å². The number of anilines is 1. The van der Waals surface area contributed by atoms with Crippen molar-refractivity contribution < 1.29 is 9.53 Å². The number of piperazine rings is 1. The molecule has 0 aliphatic carbocycles. The Balaban J connectivity index is 1.57. The number of nitrogens with zero attached hydrogens (tertiary/aromatic N) is 2. The van der Waals surface area contributed by atoms with Crippen LogP contribution in [0.25, 0.3) is 6.08 Å². The molecule has 2 aromatic rings. The quantitative estimate of drug-likeness (QED) is 0.789. The molecule has 3 rings (SSSR count). The average Bonchev–Trinajstić information content (AvgIpc) is 2.69. The third kappa shape index (κ3) is 4.07. The molecule has 0 spiro atoms. The lowest BCUT2D eigenvalue weighted by molar-refractivity contribution is -0.126. The van der Waals surface area contributed by atoms with Gasteiger partial charge in [0.1, 0.15) is 5.75 Å². The van der Waals surface area contributed by atoms with Crippen molar-refractivity contribution in [2.24, 2.45) is 0 Å². The van der Waals surface area contributed by atoms with E-state index in [9.17, 15) is 4.79 Å². The van der Waals surface area contributed by atoms with Gasteiger partial charge in [-0.15, -0.1) is 0 Å². The van der Waals surface area contributed by atoms with Gasteiger partial charge in [-0.3, -0.25) is 4.79 Å². The van der Waals surface area contributed by atoms with E-state index in [0.29, 0.717) is 0 Å². The Morgan fingerprint density at radius 3 is 2.35 bits per heavy atom. The molecule has 1 aliphatic rings. The van der Waals surface area contributed by atoms with Crippen molar-refractivity contribution in [2.75, 3.05) is 38.2 Å². The van der Waals surface area contributed by atoms with Crippen molar-refractivity contribution in [3.05, 3.63) is 65.2 Å². The summed E-state index contributed by atoms with van der Waals surface area (Å²) in [5.41, 5.74) is 4.91. The first kappa shape index (κ1) is 18.1. The number of carbonyl (C=O) groups excluding carboxylic acids is 1. The first-order chi connectivity index (χ1) is 12.6. The second-order valence-corrected chi connectivity index (χ2v) is 6.64. The molecule has 1 saturated heterocycles. The van der Waals surface area contributed by atoms with E-state index in [-0.39, 0.29) is 5.91 Å². The first-order valence-corrected chi connectivity index (χ1v) is 9.00. The van der Waals surface area contributed by atoms with Gasteiger partial charge in [0.05, 0.1) is 7.11 Å². The third-order valence-electron chi connectivity index (χ3n) is 5.04. The molecule has 0 saturated carbocycles. The van der Waals surface area contributed by atoms with Crippen molar-refractivity contribution in [1.29, 1.82) is 0 Å². The number of methoxy groups -OCH3 is 1. The normalized spacial score (nSPS) is 14.7. The zero-order valence-electron chi connectivity index (χ0n) is 15.7. The van der Waals surface area contributed by atoms with Gasteiger partial charge >= 0.3 is 0 Å². The Hall–Kier alpha value is -2.75. The second kappa shape index (κ2) is 8.09. The molecule has 1 aliphatic heterocycles. The summed E-state index contributed by atoms with van der Waals surface area (Å²) in [5.74, 6) is 0.887. The summed E-state index contributed by atoms with van der Waals surface area (Å²) in [6, 6.07) is 14.1. The molecule has 1 heterocycles. The maximum atomic E-state index is 12.5. The molecule has 26 heavy (non-hydrogen) atoms. The third-order valence-corrected chi connectivity index (χ3v) is 5.04.